The first-order chi connectivity index (χ1) is 8.34. The summed E-state index contributed by atoms with van der Waals surface area (Å²) in [7, 11) is 0. The summed E-state index contributed by atoms with van der Waals surface area (Å²) in [6.45, 7) is 5.08. The molecule has 1 spiro atoms. The largest absolute Gasteiger partial charge is 0.348 e. The maximum absolute atomic E-state index is 5.61. The number of H-pyrrole nitrogens is 1. The van der Waals surface area contributed by atoms with Crippen LogP contribution in [0, 0.1) is 0 Å². The summed E-state index contributed by atoms with van der Waals surface area (Å²) in [4.78, 5) is 10.3. The van der Waals surface area contributed by atoms with Gasteiger partial charge in [0, 0.05) is 44.8 Å². The summed E-state index contributed by atoms with van der Waals surface area (Å²) in [5, 5.41) is 3.70. The minimum absolute atomic E-state index is 0.124. The molecule has 3 rings (SSSR count). The van der Waals surface area contributed by atoms with Crippen molar-refractivity contribution in [3.8, 4) is 0 Å². The zero-order valence-corrected chi connectivity index (χ0v) is 10.2. The van der Waals surface area contributed by atoms with Crippen molar-refractivity contribution in [2.24, 2.45) is 5.73 Å². The highest BCUT2D eigenvalue weighted by atomic mass is 15.2. The molecule has 4 N–H and O–H groups in total. The van der Waals surface area contributed by atoms with Crippen LogP contribution in [0.4, 0.5) is 0 Å². The summed E-state index contributed by atoms with van der Waals surface area (Å²) < 4.78 is 0. The van der Waals surface area contributed by atoms with Crippen molar-refractivity contribution in [1.82, 2.24) is 20.2 Å². The van der Waals surface area contributed by atoms with Gasteiger partial charge in [0.25, 0.3) is 0 Å². The summed E-state index contributed by atoms with van der Waals surface area (Å²) in [6.07, 6.45) is 5.20. The standard InChI is InChI=1S/C12H21N5/c13-4-8-17-6-2-12(3-7-17)11-10(1-5-16-12)14-9-15-11/h9,16H,1-8,13H2,(H,14,15). The lowest BCUT2D eigenvalue weighted by atomic mass is 9.81. The van der Waals surface area contributed by atoms with Gasteiger partial charge in [-0.1, -0.05) is 0 Å². The Kier molecular flexibility index (Phi) is 2.90. The third-order valence-electron chi connectivity index (χ3n) is 4.16. The molecule has 1 fully saturated rings. The van der Waals surface area contributed by atoms with Crippen molar-refractivity contribution < 1.29 is 0 Å². The molecule has 1 aromatic heterocycles. The van der Waals surface area contributed by atoms with E-state index in [-0.39, 0.29) is 5.54 Å². The van der Waals surface area contributed by atoms with Gasteiger partial charge in [0.1, 0.15) is 0 Å². The summed E-state index contributed by atoms with van der Waals surface area (Å²) >= 11 is 0. The van der Waals surface area contributed by atoms with Crippen molar-refractivity contribution >= 4 is 0 Å². The Labute approximate surface area is 102 Å². The second-order valence-corrected chi connectivity index (χ2v) is 5.12. The third-order valence-corrected chi connectivity index (χ3v) is 4.16. The molecule has 0 atom stereocenters. The van der Waals surface area contributed by atoms with Crippen LogP contribution in [0.2, 0.25) is 0 Å². The molecule has 2 aliphatic heterocycles. The van der Waals surface area contributed by atoms with Crippen LogP contribution < -0.4 is 11.1 Å². The molecule has 94 valence electrons. The number of hydrogen-bond donors (Lipinski definition) is 3. The molecule has 0 saturated carbocycles. The molecule has 0 bridgehead atoms. The Bertz CT molecular complexity index is 378. The normalized spacial score (nSPS) is 23.8. The van der Waals surface area contributed by atoms with Crippen LogP contribution in [0.3, 0.4) is 0 Å². The Hall–Kier alpha value is -0.910. The number of piperidine rings is 1. The average Bonchev–Trinajstić information content (AvgIpc) is 2.83. The molecule has 0 radical (unpaired) electrons. The van der Waals surface area contributed by atoms with Gasteiger partial charge >= 0.3 is 0 Å². The molecule has 0 aromatic carbocycles. The predicted octanol–water partition coefficient (Wildman–Crippen LogP) is -0.195. The van der Waals surface area contributed by atoms with Crippen LogP contribution in [-0.2, 0) is 12.0 Å². The van der Waals surface area contributed by atoms with Gasteiger partial charge in [-0.25, -0.2) is 4.98 Å². The van der Waals surface area contributed by atoms with Crippen molar-refractivity contribution in [2.45, 2.75) is 24.8 Å². The van der Waals surface area contributed by atoms with E-state index in [2.05, 4.69) is 20.2 Å². The van der Waals surface area contributed by atoms with E-state index >= 15 is 0 Å². The molecular weight excluding hydrogens is 214 g/mol. The maximum atomic E-state index is 5.61. The van der Waals surface area contributed by atoms with Crippen molar-refractivity contribution in [1.29, 1.82) is 0 Å². The molecule has 0 aliphatic carbocycles. The number of imidazole rings is 1. The van der Waals surface area contributed by atoms with Gasteiger partial charge in [0.15, 0.2) is 0 Å². The lowest BCUT2D eigenvalue weighted by Crippen LogP contribution is -2.54. The van der Waals surface area contributed by atoms with Crippen LogP contribution in [0.1, 0.15) is 24.2 Å². The lowest BCUT2D eigenvalue weighted by Gasteiger charge is -2.44. The number of nitrogens with one attached hydrogen (secondary N) is 2. The van der Waals surface area contributed by atoms with Gasteiger partial charge in [-0.05, 0) is 12.8 Å². The second kappa shape index (κ2) is 4.40. The van der Waals surface area contributed by atoms with Crippen LogP contribution in [0.25, 0.3) is 0 Å². The number of nitrogens with zero attached hydrogens (tertiary/aromatic N) is 2. The van der Waals surface area contributed by atoms with Gasteiger partial charge in [0.2, 0.25) is 0 Å². The minimum atomic E-state index is 0.124. The summed E-state index contributed by atoms with van der Waals surface area (Å²) in [6, 6.07) is 0. The van der Waals surface area contributed by atoms with Gasteiger partial charge in [-0.2, -0.15) is 0 Å². The van der Waals surface area contributed by atoms with Gasteiger partial charge in [-0.15, -0.1) is 0 Å². The maximum Gasteiger partial charge on any atom is 0.0926 e. The van der Waals surface area contributed by atoms with Crippen molar-refractivity contribution in [2.75, 3.05) is 32.7 Å². The van der Waals surface area contributed by atoms with Gasteiger partial charge in [0.05, 0.1) is 17.6 Å². The fourth-order valence-electron chi connectivity index (χ4n) is 3.19. The number of aromatic amines is 1. The molecular formula is C12H21N5. The number of likely N-dealkylation sites (tertiary alicyclic amines) is 1. The van der Waals surface area contributed by atoms with Crippen molar-refractivity contribution in [3.05, 3.63) is 17.7 Å². The van der Waals surface area contributed by atoms with Gasteiger partial charge < -0.3 is 20.9 Å². The zero-order valence-electron chi connectivity index (χ0n) is 10.2. The van der Waals surface area contributed by atoms with E-state index in [1.807, 2.05) is 6.33 Å². The van der Waals surface area contributed by atoms with Crippen LogP contribution in [0.5, 0.6) is 0 Å². The van der Waals surface area contributed by atoms with E-state index in [9.17, 15) is 0 Å². The highest BCUT2D eigenvalue weighted by Gasteiger charge is 2.40. The number of aromatic nitrogens is 2. The molecule has 17 heavy (non-hydrogen) atoms. The molecule has 5 heteroatoms. The first-order valence-corrected chi connectivity index (χ1v) is 6.54. The quantitative estimate of drug-likeness (QED) is 0.664. The number of nitrogens with two attached hydrogens (primary N) is 1. The highest BCUT2D eigenvalue weighted by molar-refractivity contribution is 5.26. The first-order valence-electron chi connectivity index (χ1n) is 6.54. The summed E-state index contributed by atoms with van der Waals surface area (Å²) in [5.41, 5.74) is 8.33. The SMILES string of the molecule is NCCN1CCC2(CC1)NCCc1[nH]cnc12. The van der Waals surface area contributed by atoms with Crippen LogP contribution >= 0.6 is 0 Å². The van der Waals surface area contributed by atoms with E-state index in [0.717, 1.165) is 52.0 Å². The summed E-state index contributed by atoms with van der Waals surface area (Å²) in [5.74, 6) is 0. The third kappa shape index (κ3) is 1.88. The Balaban J connectivity index is 1.77. The molecule has 3 heterocycles. The van der Waals surface area contributed by atoms with E-state index in [1.165, 1.54) is 11.4 Å². The monoisotopic (exact) mass is 235 g/mol. The average molecular weight is 235 g/mol. The zero-order chi connectivity index (χ0) is 11.7. The van der Waals surface area contributed by atoms with Crippen molar-refractivity contribution in [3.63, 3.8) is 0 Å². The molecule has 0 amide bonds. The predicted molar refractivity (Wildman–Crippen MR) is 66.7 cm³/mol. The second-order valence-electron chi connectivity index (χ2n) is 5.12. The lowest BCUT2D eigenvalue weighted by molar-refractivity contribution is 0.128. The van der Waals surface area contributed by atoms with Crippen LogP contribution in [0.15, 0.2) is 6.33 Å². The van der Waals surface area contributed by atoms with E-state index in [4.69, 9.17) is 5.73 Å². The Morgan fingerprint density at radius 3 is 3.00 bits per heavy atom. The number of fused-ring (bicyclic) bond motifs is 2. The smallest absolute Gasteiger partial charge is 0.0926 e. The topological polar surface area (TPSA) is 70.0 Å². The molecule has 5 nitrogen and oxygen atoms in total. The Morgan fingerprint density at radius 1 is 1.41 bits per heavy atom. The van der Waals surface area contributed by atoms with Crippen LogP contribution in [-0.4, -0.2) is 47.6 Å². The fourth-order valence-corrected chi connectivity index (χ4v) is 3.19. The first kappa shape index (κ1) is 11.2. The van der Waals surface area contributed by atoms with E-state index < -0.39 is 0 Å². The molecule has 0 unspecified atom stereocenters. The van der Waals surface area contributed by atoms with E-state index in [0.29, 0.717) is 0 Å². The van der Waals surface area contributed by atoms with Gasteiger partial charge in [-0.3, -0.25) is 0 Å². The molecule has 1 saturated heterocycles. The fraction of sp³-hybridized carbons (Fsp3) is 0.750. The molecule has 1 aromatic rings. The van der Waals surface area contributed by atoms with E-state index in [1.54, 1.807) is 0 Å². The molecule has 2 aliphatic rings. The highest BCUT2D eigenvalue weighted by Crippen LogP contribution is 2.35. The number of rotatable bonds is 2. The minimum Gasteiger partial charge on any atom is -0.348 e. The Morgan fingerprint density at radius 2 is 2.24 bits per heavy atom. The number of hydrogen-bond acceptors (Lipinski definition) is 4.